The van der Waals surface area contributed by atoms with Crippen LogP contribution in [0.3, 0.4) is 0 Å². The van der Waals surface area contributed by atoms with Crippen LogP contribution in [0.15, 0.2) is 0 Å². The zero-order valence-electron chi connectivity index (χ0n) is 16.2. The Labute approximate surface area is 145 Å². The van der Waals surface area contributed by atoms with Crippen molar-refractivity contribution < 1.29 is 9.53 Å². The molecule has 0 aliphatic heterocycles. The van der Waals surface area contributed by atoms with Gasteiger partial charge in [-0.3, -0.25) is 4.79 Å². The second-order valence-corrected chi connectivity index (χ2v) is 6.31. The number of carbonyl (C=O) groups excluding carboxylic acids is 1. The number of unbranched alkanes of at least 4 members (excludes halogenated alkanes) is 13. The summed E-state index contributed by atoms with van der Waals surface area (Å²) in [5, 5.41) is 0. The van der Waals surface area contributed by atoms with Gasteiger partial charge in [-0.1, -0.05) is 90.4 Å². The van der Waals surface area contributed by atoms with Crippen LogP contribution in [0.1, 0.15) is 111 Å². The maximum atomic E-state index is 9.82. The van der Waals surface area contributed by atoms with Crippen LogP contribution in [0.4, 0.5) is 0 Å². The first-order valence-corrected chi connectivity index (χ1v) is 10.0. The van der Waals surface area contributed by atoms with Gasteiger partial charge in [0.25, 0.3) is 0 Å². The van der Waals surface area contributed by atoms with Crippen molar-refractivity contribution in [1.29, 1.82) is 0 Å². The van der Waals surface area contributed by atoms with E-state index in [1.54, 1.807) is 6.92 Å². The van der Waals surface area contributed by atoms with E-state index in [0.717, 1.165) is 6.54 Å². The minimum Gasteiger partial charge on any atom is -0.466 e. The van der Waals surface area contributed by atoms with E-state index in [0.29, 0.717) is 6.61 Å². The Morgan fingerprint density at radius 1 is 0.696 bits per heavy atom. The highest BCUT2D eigenvalue weighted by molar-refractivity contribution is 5.65. The molecule has 0 bridgehead atoms. The molecule has 23 heavy (non-hydrogen) atoms. The fourth-order valence-corrected chi connectivity index (χ4v) is 2.54. The van der Waals surface area contributed by atoms with Crippen molar-refractivity contribution in [3.63, 3.8) is 0 Å². The van der Waals surface area contributed by atoms with Crippen molar-refractivity contribution >= 4 is 5.97 Å². The first-order chi connectivity index (χ1) is 11.2. The predicted molar refractivity (Wildman–Crippen MR) is 102 cm³/mol. The highest BCUT2D eigenvalue weighted by Crippen LogP contribution is 2.12. The lowest BCUT2D eigenvalue weighted by Gasteiger charge is -2.02. The van der Waals surface area contributed by atoms with Crippen LogP contribution >= 0.6 is 0 Å². The molecule has 0 fully saturated rings. The molecule has 0 atom stereocenters. The summed E-state index contributed by atoms with van der Waals surface area (Å²) in [6, 6.07) is 0. The lowest BCUT2D eigenvalue weighted by Crippen LogP contribution is -1.97. The molecule has 3 heteroatoms. The van der Waals surface area contributed by atoms with Gasteiger partial charge in [-0.05, 0) is 19.9 Å². The molecule has 3 nitrogen and oxygen atoms in total. The van der Waals surface area contributed by atoms with E-state index >= 15 is 0 Å². The van der Waals surface area contributed by atoms with Gasteiger partial charge in [-0.15, -0.1) is 0 Å². The number of carbonyl (C=O) groups is 1. The zero-order valence-corrected chi connectivity index (χ0v) is 16.2. The Morgan fingerprint density at radius 2 is 1.04 bits per heavy atom. The first kappa shape index (κ1) is 24.7. The van der Waals surface area contributed by atoms with E-state index in [9.17, 15) is 4.79 Å². The summed E-state index contributed by atoms with van der Waals surface area (Å²) < 4.78 is 4.40. The fourth-order valence-electron chi connectivity index (χ4n) is 2.54. The Balaban J connectivity index is 0. The molecule has 0 saturated carbocycles. The van der Waals surface area contributed by atoms with Crippen LogP contribution in [0.5, 0.6) is 0 Å². The molecule has 0 aromatic rings. The molecule has 0 rings (SSSR count). The van der Waals surface area contributed by atoms with E-state index in [4.69, 9.17) is 5.73 Å². The van der Waals surface area contributed by atoms with E-state index in [2.05, 4.69) is 11.7 Å². The van der Waals surface area contributed by atoms with Crippen LogP contribution in [-0.2, 0) is 9.53 Å². The molecule has 2 N–H and O–H groups in total. The standard InChI is InChI=1S/C16H35N.C4H8O2/c1-2-3-4-5-6-7-8-9-10-11-12-13-14-15-16-17;1-3-6-4(2)5/h2-17H2,1H3;3H2,1-2H3. The third-order valence-corrected chi connectivity index (χ3v) is 3.91. The lowest BCUT2D eigenvalue weighted by atomic mass is 10.0. The number of esters is 1. The summed E-state index contributed by atoms with van der Waals surface area (Å²) in [5.41, 5.74) is 5.47. The third kappa shape index (κ3) is 30.0. The monoisotopic (exact) mass is 329 g/mol. The molecule has 140 valence electrons. The van der Waals surface area contributed by atoms with Gasteiger partial charge in [0.15, 0.2) is 0 Å². The van der Waals surface area contributed by atoms with Gasteiger partial charge in [0.1, 0.15) is 0 Å². The number of ether oxygens (including phenoxy) is 1. The van der Waals surface area contributed by atoms with Crippen molar-refractivity contribution in [2.45, 2.75) is 111 Å². The largest absolute Gasteiger partial charge is 0.466 e. The maximum Gasteiger partial charge on any atom is 0.302 e. The van der Waals surface area contributed by atoms with Gasteiger partial charge in [0.2, 0.25) is 0 Å². The van der Waals surface area contributed by atoms with Gasteiger partial charge < -0.3 is 10.5 Å². The van der Waals surface area contributed by atoms with Crippen molar-refractivity contribution in [2.75, 3.05) is 13.2 Å². The Morgan fingerprint density at radius 3 is 1.26 bits per heavy atom. The second-order valence-electron chi connectivity index (χ2n) is 6.31. The SMILES string of the molecule is CCCCCCCCCCCCCCCCN.CCOC(C)=O. The number of hydrogen-bond donors (Lipinski definition) is 1. The average Bonchev–Trinajstić information content (AvgIpc) is 2.52. The van der Waals surface area contributed by atoms with Gasteiger partial charge in [-0.2, -0.15) is 0 Å². The molecule has 0 spiro atoms. The number of nitrogens with two attached hydrogens (primary N) is 1. The van der Waals surface area contributed by atoms with Crippen LogP contribution in [-0.4, -0.2) is 19.1 Å². The highest BCUT2D eigenvalue weighted by Gasteiger charge is 1.93. The normalized spacial score (nSPS) is 10.1. The zero-order chi connectivity index (χ0) is 17.6. The molecule has 0 aliphatic rings. The van der Waals surface area contributed by atoms with Crippen LogP contribution in [0.25, 0.3) is 0 Å². The highest BCUT2D eigenvalue weighted by atomic mass is 16.5. The molecule has 0 saturated heterocycles. The molecular weight excluding hydrogens is 286 g/mol. The van der Waals surface area contributed by atoms with Crippen LogP contribution in [0.2, 0.25) is 0 Å². The topological polar surface area (TPSA) is 52.3 Å². The van der Waals surface area contributed by atoms with E-state index < -0.39 is 0 Å². The molecule has 0 aliphatic carbocycles. The van der Waals surface area contributed by atoms with Gasteiger partial charge in [0.05, 0.1) is 6.61 Å². The van der Waals surface area contributed by atoms with E-state index in [-0.39, 0.29) is 5.97 Å². The summed E-state index contributed by atoms with van der Waals surface area (Å²) >= 11 is 0. The molecule has 0 aromatic carbocycles. The smallest absolute Gasteiger partial charge is 0.302 e. The molecule has 0 unspecified atom stereocenters. The molecule has 0 aromatic heterocycles. The average molecular weight is 330 g/mol. The number of rotatable bonds is 15. The van der Waals surface area contributed by atoms with Crippen molar-refractivity contribution in [3.8, 4) is 0 Å². The number of hydrogen-bond acceptors (Lipinski definition) is 3. The van der Waals surface area contributed by atoms with Crippen LogP contribution in [0, 0.1) is 0 Å². The minimum atomic E-state index is -0.211. The summed E-state index contributed by atoms with van der Waals surface area (Å²) in [6.07, 6.45) is 19.9. The Kier molecular flexibility index (Phi) is 25.4. The Hall–Kier alpha value is -0.570. The van der Waals surface area contributed by atoms with Crippen molar-refractivity contribution in [1.82, 2.24) is 0 Å². The van der Waals surface area contributed by atoms with Gasteiger partial charge >= 0.3 is 5.97 Å². The second kappa shape index (κ2) is 23.7. The summed E-state index contributed by atoms with van der Waals surface area (Å²) in [5.74, 6) is -0.211. The molecular formula is C20H43NO2. The van der Waals surface area contributed by atoms with Crippen molar-refractivity contribution in [2.24, 2.45) is 5.73 Å². The van der Waals surface area contributed by atoms with Gasteiger partial charge in [0, 0.05) is 6.92 Å². The van der Waals surface area contributed by atoms with E-state index in [1.807, 2.05) is 0 Å². The first-order valence-electron chi connectivity index (χ1n) is 10.0. The van der Waals surface area contributed by atoms with Crippen molar-refractivity contribution in [3.05, 3.63) is 0 Å². The summed E-state index contributed by atoms with van der Waals surface area (Å²) in [7, 11) is 0. The lowest BCUT2D eigenvalue weighted by molar-refractivity contribution is -0.140. The molecule has 0 heterocycles. The fraction of sp³-hybridized carbons (Fsp3) is 0.950. The van der Waals surface area contributed by atoms with Gasteiger partial charge in [-0.25, -0.2) is 0 Å². The summed E-state index contributed by atoms with van der Waals surface area (Å²) in [6.45, 7) is 6.81. The molecule has 0 radical (unpaired) electrons. The minimum absolute atomic E-state index is 0.211. The Bertz CT molecular complexity index is 206. The quantitative estimate of drug-likeness (QED) is 0.296. The van der Waals surface area contributed by atoms with E-state index in [1.165, 1.54) is 96.8 Å². The third-order valence-electron chi connectivity index (χ3n) is 3.91. The predicted octanol–water partition coefficient (Wildman–Crippen LogP) is 6.00. The molecule has 0 amide bonds. The van der Waals surface area contributed by atoms with Crippen LogP contribution < -0.4 is 5.73 Å². The summed E-state index contributed by atoms with van der Waals surface area (Å²) in [4.78, 5) is 9.82. The maximum absolute atomic E-state index is 9.82.